The zero-order chi connectivity index (χ0) is 20.6. The Morgan fingerprint density at radius 1 is 0.900 bits per heavy atom. The number of amides is 1. The predicted molar refractivity (Wildman–Crippen MR) is 125 cm³/mol. The lowest BCUT2D eigenvalue weighted by atomic mass is 10.1. The van der Waals surface area contributed by atoms with Gasteiger partial charge in [0.2, 0.25) is 5.91 Å². The van der Waals surface area contributed by atoms with Crippen molar-refractivity contribution in [1.82, 2.24) is 10.2 Å². The van der Waals surface area contributed by atoms with Gasteiger partial charge in [-0.3, -0.25) is 4.79 Å². The topological polar surface area (TPSA) is 58.1 Å². The van der Waals surface area contributed by atoms with Crippen molar-refractivity contribution in [2.24, 2.45) is 0 Å². The van der Waals surface area contributed by atoms with Gasteiger partial charge in [0, 0.05) is 30.1 Å². The van der Waals surface area contributed by atoms with Gasteiger partial charge >= 0.3 is 0 Å². The molecular weight excluding hydrogens is 392 g/mol. The van der Waals surface area contributed by atoms with Crippen molar-refractivity contribution in [2.75, 3.05) is 29.1 Å². The third-order valence-corrected chi connectivity index (χ3v) is 6.14. The number of piperidine rings is 1. The van der Waals surface area contributed by atoms with E-state index in [2.05, 4.69) is 32.5 Å². The van der Waals surface area contributed by atoms with Gasteiger partial charge in [0.05, 0.1) is 11.4 Å². The first-order valence-corrected chi connectivity index (χ1v) is 11.5. The van der Waals surface area contributed by atoms with Gasteiger partial charge in [-0.25, -0.2) is 0 Å². The fourth-order valence-electron chi connectivity index (χ4n) is 3.53. The Morgan fingerprint density at radius 3 is 2.37 bits per heavy atom. The Morgan fingerprint density at radius 2 is 1.67 bits per heavy atom. The van der Waals surface area contributed by atoms with Crippen molar-refractivity contribution in [3.05, 3.63) is 72.3 Å². The summed E-state index contributed by atoms with van der Waals surface area (Å²) in [4.78, 5) is 14.5. The molecule has 0 saturated carbocycles. The molecule has 2 heterocycles. The maximum absolute atomic E-state index is 12.2. The van der Waals surface area contributed by atoms with Crippen molar-refractivity contribution in [3.63, 3.8) is 0 Å². The number of benzene rings is 2. The lowest BCUT2D eigenvalue weighted by molar-refractivity contribution is -0.113. The van der Waals surface area contributed by atoms with E-state index in [9.17, 15) is 4.79 Å². The maximum Gasteiger partial charge on any atom is 0.234 e. The van der Waals surface area contributed by atoms with E-state index in [1.54, 1.807) is 11.8 Å². The van der Waals surface area contributed by atoms with Crippen LogP contribution < -0.4 is 10.2 Å². The largest absolute Gasteiger partial charge is 0.355 e. The molecule has 30 heavy (non-hydrogen) atoms. The summed E-state index contributed by atoms with van der Waals surface area (Å²) >= 11 is 1.61. The summed E-state index contributed by atoms with van der Waals surface area (Å²) in [5.41, 5.74) is 3.85. The number of aromatic nitrogens is 2. The summed E-state index contributed by atoms with van der Waals surface area (Å²) in [6.45, 7) is 2.12. The van der Waals surface area contributed by atoms with Crippen LogP contribution in [0.1, 0.15) is 24.8 Å². The Kier molecular flexibility index (Phi) is 6.98. The number of rotatable bonds is 7. The smallest absolute Gasteiger partial charge is 0.234 e. The van der Waals surface area contributed by atoms with Crippen molar-refractivity contribution < 1.29 is 4.79 Å². The number of hydrogen-bond donors (Lipinski definition) is 1. The fourth-order valence-corrected chi connectivity index (χ4v) is 4.32. The molecule has 3 aromatic rings. The summed E-state index contributed by atoms with van der Waals surface area (Å²) in [5, 5.41) is 11.8. The molecule has 1 saturated heterocycles. The van der Waals surface area contributed by atoms with Gasteiger partial charge in [0.25, 0.3) is 0 Å². The molecule has 0 radical (unpaired) electrons. The van der Waals surface area contributed by atoms with Crippen LogP contribution in [0.15, 0.2) is 66.7 Å². The van der Waals surface area contributed by atoms with Crippen molar-refractivity contribution in [2.45, 2.75) is 25.0 Å². The molecule has 1 aromatic heterocycles. The molecule has 1 aliphatic heterocycles. The first-order valence-electron chi connectivity index (χ1n) is 10.4. The molecular formula is C24H26N4OS. The number of nitrogens with one attached hydrogen (secondary N) is 1. The Balaban J connectivity index is 1.28. The van der Waals surface area contributed by atoms with Crippen LogP contribution in [0.5, 0.6) is 0 Å². The maximum atomic E-state index is 12.2. The van der Waals surface area contributed by atoms with Crippen LogP contribution in [0.25, 0.3) is 11.3 Å². The van der Waals surface area contributed by atoms with Gasteiger partial charge in [0.15, 0.2) is 5.82 Å². The van der Waals surface area contributed by atoms with E-state index in [0.717, 1.165) is 41.6 Å². The number of carbonyl (C=O) groups is 1. The van der Waals surface area contributed by atoms with E-state index in [-0.39, 0.29) is 5.91 Å². The van der Waals surface area contributed by atoms with E-state index < -0.39 is 0 Å². The summed E-state index contributed by atoms with van der Waals surface area (Å²) < 4.78 is 0. The molecule has 154 valence electrons. The SMILES string of the molecule is O=C(CSCc1ccccc1)Nc1ccc(-c2ccc(N3CCCCC3)nn2)cc1. The second-order valence-electron chi connectivity index (χ2n) is 7.43. The summed E-state index contributed by atoms with van der Waals surface area (Å²) in [7, 11) is 0. The second kappa shape index (κ2) is 10.3. The van der Waals surface area contributed by atoms with E-state index >= 15 is 0 Å². The summed E-state index contributed by atoms with van der Waals surface area (Å²) in [6, 6.07) is 22.0. The molecule has 1 N–H and O–H groups in total. The second-order valence-corrected chi connectivity index (χ2v) is 8.41. The number of carbonyl (C=O) groups excluding carboxylic acids is 1. The first kappa shape index (κ1) is 20.4. The molecule has 0 unspecified atom stereocenters. The third kappa shape index (κ3) is 5.60. The van der Waals surface area contributed by atoms with Crippen molar-refractivity contribution >= 4 is 29.2 Å². The molecule has 0 spiro atoms. The highest BCUT2D eigenvalue weighted by molar-refractivity contribution is 7.99. The predicted octanol–water partition coefficient (Wildman–Crippen LogP) is 5.01. The van der Waals surface area contributed by atoms with Crippen LogP contribution in [-0.4, -0.2) is 34.9 Å². The van der Waals surface area contributed by atoms with E-state index in [4.69, 9.17) is 0 Å². The summed E-state index contributed by atoms with van der Waals surface area (Å²) in [5.74, 6) is 2.23. The minimum atomic E-state index is 0.00866. The molecule has 1 fully saturated rings. The minimum Gasteiger partial charge on any atom is -0.355 e. The van der Waals surface area contributed by atoms with Gasteiger partial charge in [-0.2, -0.15) is 0 Å². The highest BCUT2D eigenvalue weighted by Gasteiger charge is 2.12. The van der Waals surface area contributed by atoms with Gasteiger partial charge in [-0.15, -0.1) is 22.0 Å². The van der Waals surface area contributed by atoms with Crippen LogP contribution in [0.2, 0.25) is 0 Å². The molecule has 2 aromatic carbocycles. The van der Waals surface area contributed by atoms with Crippen LogP contribution in [0, 0.1) is 0 Å². The third-order valence-electron chi connectivity index (χ3n) is 5.14. The minimum absolute atomic E-state index is 0.00866. The standard InChI is InChI=1S/C24H26N4OS/c29-24(18-30-17-19-7-3-1-4-8-19)25-21-11-9-20(10-12-21)22-13-14-23(27-26-22)28-15-5-2-6-16-28/h1,3-4,7-14H,2,5-6,15-18H2,(H,25,29). The van der Waals surface area contributed by atoms with Crippen LogP contribution in [0.3, 0.4) is 0 Å². The highest BCUT2D eigenvalue weighted by atomic mass is 32.2. The molecule has 1 amide bonds. The molecule has 0 atom stereocenters. The monoisotopic (exact) mass is 418 g/mol. The Hall–Kier alpha value is -2.86. The lowest BCUT2D eigenvalue weighted by Crippen LogP contribution is -2.30. The zero-order valence-corrected chi connectivity index (χ0v) is 17.8. The fraction of sp³-hybridized carbons (Fsp3) is 0.292. The zero-order valence-electron chi connectivity index (χ0n) is 17.0. The van der Waals surface area contributed by atoms with E-state index in [1.807, 2.05) is 54.6 Å². The number of anilines is 2. The Labute approximate surface area is 181 Å². The van der Waals surface area contributed by atoms with Gasteiger partial charge in [0.1, 0.15) is 0 Å². The summed E-state index contributed by atoms with van der Waals surface area (Å²) in [6.07, 6.45) is 3.75. The molecule has 1 aliphatic rings. The van der Waals surface area contributed by atoms with Crippen LogP contribution >= 0.6 is 11.8 Å². The average molecular weight is 419 g/mol. The quantitative estimate of drug-likeness (QED) is 0.585. The first-order chi connectivity index (χ1) is 14.8. The number of thioether (sulfide) groups is 1. The Bertz CT molecular complexity index is 939. The molecule has 6 heteroatoms. The molecule has 4 rings (SSSR count). The van der Waals surface area contributed by atoms with Crippen LogP contribution in [0.4, 0.5) is 11.5 Å². The molecule has 5 nitrogen and oxygen atoms in total. The lowest BCUT2D eigenvalue weighted by Gasteiger charge is -2.27. The normalized spacial score (nSPS) is 13.8. The van der Waals surface area contributed by atoms with Crippen molar-refractivity contribution in [3.8, 4) is 11.3 Å². The molecule has 0 aliphatic carbocycles. The highest BCUT2D eigenvalue weighted by Crippen LogP contribution is 2.22. The average Bonchev–Trinajstić information content (AvgIpc) is 2.81. The van der Waals surface area contributed by atoms with E-state index in [0.29, 0.717) is 5.75 Å². The number of hydrogen-bond acceptors (Lipinski definition) is 5. The van der Waals surface area contributed by atoms with Gasteiger partial charge in [-0.1, -0.05) is 42.5 Å². The van der Waals surface area contributed by atoms with Crippen LogP contribution in [-0.2, 0) is 10.5 Å². The van der Waals surface area contributed by atoms with E-state index in [1.165, 1.54) is 24.8 Å². The molecule has 0 bridgehead atoms. The van der Waals surface area contributed by atoms with Gasteiger partial charge < -0.3 is 10.2 Å². The van der Waals surface area contributed by atoms with Crippen molar-refractivity contribution in [1.29, 1.82) is 0 Å². The number of nitrogens with zero attached hydrogens (tertiary/aromatic N) is 3. The van der Waals surface area contributed by atoms with Gasteiger partial charge in [-0.05, 0) is 49.1 Å².